The Morgan fingerprint density at radius 1 is 1.46 bits per heavy atom. The van der Waals surface area contributed by atoms with Crippen molar-refractivity contribution < 1.29 is 0 Å². The molecule has 0 N–H and O–H groups in total. The van der Waals surface area contributed by atoms with E-state index in [-0.39, 0.29) is 0 Å². The van der Waals surface area contributed by atoms with Gasteiger partial charge in [0.2, 0.25) is 0 Å². The molecule has 0 aliphatic rings. The summed E-state index contributed by atoms with van der Waals surface area (Å²) in [6.07, 6.45) is 3.54. The van der Waals surface area contributed by atoms with Gasteiger partial charge < -0.3 is 4.90 Å². The average molecular weight is 199 g/mol. The van der Waals surface area contributed by atoms with Crippen LogP contribution in [0, 0.1) is 0 Å². The minimum absolute atomic E-state index is 0.455. The van der Waals surface area contributed by atoms with Gasteiger partial charge in [0, 0.05) is 16.8 Å². The van der Waals surface area contributed by atoms with E-state index in [1.54, 1.807) is 5.57 Å². The second-order valence-corrected chi connectivity index (χ2v) is 7.30. The van der Waals surface area contributed by atoms with E-state index >= 15 is 0 Å². The molecule has 0 atom stereocenters. The molecule has 0 unspecified atom stereocenters. The molecule has 0 aliphatic carbocycles. The summed E-state index contributed by atoms with van der Waals surface area (Å²) in [6.45, 7) is 11.4. The maximum absolute atomic E-state index is 2.41. The van der Waals surface area contributed by atoms with Crippen LogP contribution in [0.4, 0.5) is 0 Å². The average Bonchev–Trinajstić information content (AvgIpc) is 1.98. The summed E-state index contributed by atoms with van der Waals surface area (Å²) in [5, 5.41) is 0.455. The van der Waals surface area contributed by atoms with Gasteiger partial charge in [-0.15, -0.1) is 0 Å². The molecule has 0 saturated heterocycles. The Morgan fingerprint density at radius 3 is 2.31 bits per heavy atom. The van der Waals surface area contributed by atoms with Gasteiger partial charge in [-0.1, -0.05) is 32.4 Å². The SMILES string of the molecule is CC=C(CN(C)CCC)C(C)(C)[SiH3]. The quantitative estimate of drug-likeness (QED) is 0.482. The summed E-state index contributed by atoms with van der Waals surface area (Å²) in [4.78, 5) is 2.41. The van der Waals surface area contributed by atoms with E-state index in [0.29, 0.717) is 5.04 Å². The van der Waals surface area contributed by atoms with Gasteiger partial charge in [-0.3, -0.25) is 0 Å². The molecule has 0 radical (unpaired) electrons. The van der Waals surface area contributed by atoms with Gasteiger partial charge in [-0.05, 0) is 32.0 Å². The molecule has 78 valence electrons. The molecule has 0 aromatic carbocycles. The van der Waals surface area contributed by atoms with Crippen molar-refractivity contribution in [1.29, 1.82) is 0 Å². The lowest BCUT2D eigenvalue weighted by Gasteiger charge is -2.27. The van der Waals surface area contributed by atoms with E-state index in [4.69, 9.17) is 0 Å². The van der Waals surface area contributed by atoms with Crippen LogP contribution < -0.4 is 0 Å². The zero-order chi connectivity index (χ0) is 10.5. The summed E-state index contributed by atoms with van der Waals surface area (Å²) in [7, 11) is 3.44. The molecule has 0 saturated carbocycles. The number of hydrogen-bond donors (Lipinski definition) is 0. The first kappa shape index (κ1) is 12.9. The molecule has 0 rings (SSSR count). The largest absolute Gasteiger partial charge is 0.302 e. The van der Waals surface area contributed by atoms with Crippen LogP contribution in [-0.4, -0.2) is 35.3 Å². The number of nitrogens with zero attached hydrogens (tertiary/aromatic N) is 1. The normalized spacial score (nSPS) is 14.2. The van der Waals surface area contributed by atoms with Crippen LogP contribution in [0.5, 0.6) is 0 Å². The van der Waals surface area contributed by atoms with Crippen LogP contribution >= 0.6 is 0 Å². The highest BCUT2D eigenvalue weighted by atomic mass is 28.1. The number of rotatable bonds is 5. The van der Waals surface area contributed by atoms with Gasteiger partial charge in [0.05, 0.1) is 0 Å². The highest BCUT2D eigenvalue weighted by molar-refractivity contribution is 6.16. The Hall–Kier alpha value is -0.0831. The molecule has 0 amide bonds. The lowest BCUT2D eigenvalue weighted by Crippen LogP contribution is -2.25. The van der Waals surface area contributed by atoms with Crippen LogP contribution in [0.3, 0.4) is 0 Å². The summed E-state index contributed by atoms with van der Waals surface area (Å²) < 4.78 is 0. The van der Waals surface area contributed by atoms with Crippen molar-refractivity contribution in [3.05, 3.63) is 11.6 Å². The molecule has 0 aromatic rings. The van der Waals surface area contributed by atoms with Crippen molar-refractivity contribution in [3.63, 3.8) is 0 Å². The molecule has 1 nitrogen and oxygen atoms in total. The van der Waals surface area contributed by atoms with E-state index in [1.807, 2.05) is 0 Å². The van der Waals surface area contributed by atoms with E-state index in [2.05, 4.69) is 45.7 Å². The molecule has 0 fully saturated rings. The number of allylic oxidation sites excluding steroid dienone is 1. The second-order valence-electron chi connectivity index (χ2n) is 4.80. The van der Waals surface area contributed by atoms with Crippen LogP contribution in [0.2, 0.25) is 5.04 Å². The highest BCUT2D eigenvalue weighted by Crippen LogP contribution is 2.29. The Labute approximate surface area is 86.6 Å². The Bertz CT molecular complexity index is 167. The predicted octanol–water partition coefficient (Wildman–Crippen LogP) is 1.84. The number of likely N-dealkylation sites (N-methyl/N-ethyl adjacent to an activating group) is 1. The van der Waals surface area contributed by atoms with Crippen LogP contribution in [-0.2, 0) is 0 Å². The topological polar surface area (TPSA) is 3.24 Å². The van der Waals surface area contributed by atoms with E-state index in [9.17, 15) is 0 Å². The third kappa shape index (κ3) is 5.27. The molecule has 0 spiro atoms. The summed E-state index contributed by atoms with van der Waals surface area (Å²) >= 11 is 0. The van der Waals surface area contributed by atoms with Gasteiger partial charge in [0.15, 0.2) is 0 Å². The van der Waals surface area contributed by atoms with Crippen molar-refractivity contribution in [2.24, 2.45) is 0 Å². The molecular weight excluding hydrogens is 174 g/mol. The minimum Gasteiger partial charge on any atom is -0.302 e. The highest BCUT2D eigenvalue weighted by Gasteiger charge is 2.16. The fourth-order valence-electron chi connectivity index (χ4n) is 1.51. The summed E-state index contributed by atoms with van der Waals surface area (Å²) in [5.41, 5.74) is 1.59. The Kier molecular flexibility index (Phi) is 5.57. The smallest absolute Gasteiger partial charge is 0.0191 e. The zero-order valence-corrected chi connectivity index (χ0v) is 12.1. The lowest BCUT2D eigenvalue weighted by atomic mass is 10.0. The predicted molar refractivity (Wildman–Crippen MR) is 65.5 cm³/mol. The molecule has 13 heavy (non-hydrogen) atoms. The van der Waals surface area contributed by atoms with Crippen LogP contribution in [0.15, 0.2) is 11.6 Å². The van der Waals surface area contributed by atoms with Crippen molar-refractivity contribution in [2.75, 3.05) is 20.1 Å². The molecule has 0 aliphatic heterocycles. The van der Waals surface area contributed by atoms with Gasteiger partial charge in [0.1, 0.15) is 0 Å². The van der Waals surface area contributed by atoms with E-state index in [1.165, 1.54) is 23.2 Å². The lowest BCUT2D eigenvalue weighted by molar-refractivity contribution is 0.354. The monoisotopic (exact) mass is 199 g/mol. The Morgan fingerprint density at radius 2 is 2.00 bits per heavy atom. The first-order valence-electron chi connectivity index (χ1n) is 5.26. The van der Waals surface area contributed by atoms with Crippen molar-refractivity contribution in [3.8, 4) is 0 Å². The fourth-order valence-corrected chi connectivity index (χ4v) is 1.96. The first-order valence-corrected chi connectivity index (χ1v) is 6.26. The molecule has 2 heteroatoms. The van der Waals surface area contributed by atoms with Gasteiger partial charge in [-0.25, -0.2) is 0 Å². The summed E-state index contributed by atoms with van der Waals surface area (Å²) in [5.74, 6) is 0. The minimum atomic E-state index is 0.455. The zero-order valence-electron chi connectivity index (χ0n) is 10.1. The molecular formula is C11H25NSi. The fraction of sp³-hybridized carbons (Fsp3) is 0.818. The van der Waals surface area contributed by atoms with Gasteiger partial charge in [-0.2, -0.15) is 0 Å². The first-order chi connectivity index (χ1) is 5.91. The summed E-state index contributed by atoms with van der Waals surface area (Å²) in [6, 6.07) is 0. The Balaban J connectivity index is 4.16. The van der Waals surface area contributed by atoms with Crippen molar-refractivity contribution >= 4 is 10.2 Å². The van der Waals surface area contributed by atoms with Crippen LogP contribution in [0.1, 0.15) is 34.1 Å². The number of hydrogen-bond acceptors (Lipinski definition) is 1. The van der Waals surface area contributed by atoms with Crippen molar-refractivity contribution in [2.45, 2.75) is 39.2 Å². The van der Waals surface area contributed by atoms with Crippen LogP contribution in [0.25, 0.3) is 0 Å². The third-order valence-corrected chi connectivity index (χ3v) is 3.00. The van der Waals surface area contributed by atoms with Crippen molar-refractivity contribution in [1.82, 2.24) is 4.90 Å². The van der Waals surface area contributed by atoms with Gasteiger partial charge >= 0.3 is 0 Å². The standard InChI is InChI=1S/C11H25NSi/c1-6-8-12(5)9-10(7-2)11(3,4)13/h7H,6,8-9H2,1-5,13H3. The molecule has 0 aromatic heterocycles. The third-order valence-electron chi connectivity index (χ3n) is 2.36. The molecule has 0 bridgehead atoms. The molecule has 0 heterocycles. The second kappa shape index (κ2) is 5.61. The maximum Gasteiger partial charge on any atom is 0.0191 e. The maximum atomic E-state index is 2.41. The van der Waals surface area contributed by atoms with Gasteiger partial charge in [0.25, 0.3) is 0 Å². The van der Waals surface area contributed by atoms with E-state index in [0.717, 1.165) is 6.54 Å². The van der Waals surface area contributed by atoms with E-state index < -0.39 is 0 Å².